The molecule has 0 unspecified atom stereocenters. The van der Waals surface area contributed by atoms with Gasteiger partial charge >= 0.3 is 0 Å². The van der Waals surface area contributed by atoms with Crippen molar-refractivity contribution in [3.8, 4) is 0 Å². The van der Waals surface area contributed by atoms with Crippen LogP contribution in [0.5, 0.6) is 0 Å². The summed E-state index contributed by atoms with van der Waals surface area (Å²) < 4.78 is 5.52. The molecule has 1 aliphatic rings. The van der Waals surface area contributed by atoms with Crippen LogP contribution in [0.3, 0.4) is 0 Å². The molecule has 0 aromatic heterocycles. The highest BCUT2D eigenvalue weighted by molar-refractivity contribution is 5.91. The average molecular weight is 263 g/mol. The Morgan fingerprint density at radius 2 is 2.21 bits per heavy atom. The third-order valence-corrected chi connectivity index (χ3v) is 3.43. The highest BCUT2D eigenvalue weighted by atomic mass is 16.5. The molecule has 0 aliphatic carbocycles. The molecule has 3 N–H and O–H groups in total. The Hall–Kier alpha value is -1.39. The second kappa shape index (κ2) is 7.26. The van der Waals surface area contributed by atoms with E-state index in [4.69, 9.17) is 4.74 Å². The minimum Gasteiger partial charge on any atom is -0.372 e. The zero-order valence-electron chi connectivity index (χ0n) is 11.5. The largest absolute Gasteiger partial charge is 0.372 e. The lowest BCUT2D eigenvalue weighted by Gasteiger charge is -2.08. The van der Waals surface area contributed by atoms with Crippen molar-refractivity contribution < 1.29 is 14.8 Å². The zero-order valence-corrected chi connectivity index (χ0v) is 11.5. The molecule has 19 heavy (non-hydrogen) atoms. The van der Waals surface area contributed by atoms with E-state index in [9.17, 15) is 4.79 Å². The number of benzene rings is 1. The van der Waals surface area contributed by atoms with Crippen molar-refractivity contribution in [3.63, 3.8) is 0 Å². The van der Waals surface area contributed by atoms with Gasteiger partial charge in [-0.15, -0.1) is 0 Å². The minimum atomic E-state index is 0.0437. The number of amides is 1. The number of carbonyl (C=O) groups excluding carboxylic acids is 1. The summed E-state index contributed by atoms with van der Waals surface area (Å²) >= 11 is 0. The number of hydrogen-bond donors (Lipinski definition) is 2. The van der Waals surface area contributed by atoms with Gasteiger partial charge in [-0.1, -0.05) is 19.1 Å². The Labute approximate surface area is 114 Å². The Morgan fingerprint density at radius 1 is 1.42 bits per heavy atom. The maximum atomic E-state index is 11.8. The number of anilines is 1. The summed E-state index contributed by atoms with van der Waals surface area (Å²) in [5.41, 5.74) is 2.15. The van der Waals surface area contributed by atoms with E-state index in [1.54, 1.807) is 0 Å². The lowest BCUT2D eigenvalue weighted by molar-refractivity contribution is -0.649. The van der Waals surface area contributed by atoms with E-state index >= 15 is 0 Å². The van der Waals surface area contributed by atoms with E-state index in [1.165, 1.54) is 5.56 Å². The number of nitrogens with one attached hydrogen (secondary N) is 1. The van der Waals surface area contributed by atoms with Gasteiger partial charge in [0.15, 0.2) is 6.54 Å². The fraction of sp³-hybridized carbons (Fsp3) is 0.533. The molecule has 1 aromatic rings. The van der Waals surface area contributed by atoms with Gasteiger partial charge in [-0.3, -0.25) is 4.79 Å². The van der Waals surface area contributed by atoms with Crippen LogP contribution < -0.4 is 10.6 Å². The van der Waals surface area contributed by atoms with E-state index in [0.29, 0.717) is 12.6 Å². The first-order valence-electron chi connectivity index (χ1n) is 7.10. The van der Waals surface area contributed by atoms with Crippen molar-refractivity contribution >= 4 is 11.6 Å². The van der Waals surface area contributed by atoms with Crippen molar-refractivity contribution in [1.82, 2.24) is 0 Å². The fourth-order valence-electron chi connectivity index (χ4n) is 2.27. The number of ether oxygens (including phenoxy) is 1. The number of carbonyl (C=O) groups is 1. The molecule has 104 valence electrons. The molecule has 0 radical (unpaired) electrons. The zero-order chi connectivity index (χ0) is 13.5. The van der Waals surface area contributed by atoms with Gasteiger partial charge < -0.3 is 15.4 Å². The van der Waals surface area contributed by atoms with Crippen LogP contribution in [0.2, 0.25) is 0 Å². The van der Waals surface area contributed by atoms with E-state index in [1.807, 2.05) is 29.6 Å². The molecule has 0 saturated carbocycles. The van der Waals surface area contributed by atoms with E-state index in [2.05, 4.69) is 12.2 Å². The molecule has 1 amide bonds. The maximum absolute atomic E-state index is 11.8. The molecule has 0 bridgehead atoms. The van der Waals surface area contributed by atoms with Gasteiger partial charge in [-0.05, 0) is 37.0 Å². The van der Waals surface area contributed by atoms with Crippen molar-refractivity contribution in [1.29, 1.82) is 0 Å². The maximum Gasteiger partial charge on any atom is 0.279 e. The lowest BCUT2D eigenvalue weighted by atomic mass is 10.1. The summed E-state index contributed by atoms with van der Waals surface area (Å²) in [6.07, 6.45) is 3.62. The summed E-state index contributed by atoms with van der Waals surface area (Å²) in [7, 11) is 0. The predicted octanol–water partition coefficient (Wildman–Crippen LogP) is 0.930. The first-order chi connectivity index (χ1) is 9.28. The summed E-state index contributed by atoms with van der Waals surface area (Å²) in [4.78, 5) is 11.8. The molecule has 1 aliphatic heterocycles. The standard InChI is InChI=1S/C15H22N2O2/c1-2-12-5-7-13(8-6-12)17-15(18)11-16-10-14-4-3-9-19-14/h5-8,14,16H,2-4,9-11H2,1H3,(H,17,18)/p+1/t14-/m0/s1. The summed E-state index contributed by atoms with van der Waals surface area (Å²) in [6.45, 7) is 4.32. The van der Waals surface area contributed by atoms with Crippen LogP contribution in [0.1, 0.15) is 25.3 Å². The SMILES string of the molecule is CCc1ccc(NC(=O)C[NH2+]C[C@@H]2CCCO2)cc1. The second-order valence-corrected chi connectivity index (χ2v) is 4.96. The minimum absolute atomic E-state index is 0.0437. The van der Waals surface area contributed by atoms with Gasteiger partial charge in [0.1, 0.15) is 12.6 Å². The topological polar surface area (TPSA) is 54.9 Å². The van der Waals surface area contributed by atoms with Crippen molar-refractivity contribution in [2.24, 2.45) is 0 Å². The fourth-order valence-corrected chi connectivity index (χ4v) is 2.27. The van der Waals surface area contributed by atoms with Gasteiger partial charge in [-0.25, -0.2) is 0 Å². The van der Waals surface area contributed by atoms with Crippen molar-refractivity contribution in [3.05, 3.63) is 29.8 Å². The van der Waals surface area contributed by atoms with Gasteiger partial charge in [0.25, 0.3) is 5.91 Å². The van der Waals surface area contributed by atoms with Crippen molar-refractivity contribution in [2.45, 2.75) is 32.3 Å². The first-order valence-corrected chi connectivity index (χ1v) is 7.10. The number of hydrogen-bond acceptors (Lipinski definition) is 2. The molecule has 4 nitrogen and oxygen atoms in total. The van der Waals surface area contributed by atoms with Crippen LogP contribution >= 0.6 is 0 Å². The van der Waals surface area contributed by atoms with Gasteiger partial charge in [-0.2, -0.15) is 0 Å². The van der Waals surface area contributed by atoms with Crippen LogP contribution in [0.25, 0.3) is 0 Å². The van der Waals surface area contributed by atoms with Gasteiger partial charge in [0.05, 0.1) is 0 Å². The highest BCUT2D eigenvalue weighted by Gasteiger charge is 2.17. The number of nitrogens with two attached hydrogens (primary N) is 1. The Bertz CT molecular complexity index is 397. The van der Waals surface area contributed by atoms with Crippen LogP contribution in [0, 0.1) is 0 Å². The van der Waals surface area contributed by atoms with Crippen LogP contribution in [-0.2, 0) is 16.0 Å². The normalized spacial score (nSPS) is 18.5. The molecular weight excluding hydrogens is 240 g/mol. The van der Waals surface area contributed by atoms with E-state index < -0.39 is 0 Å². The molecule has 1 atom stereocenters. The van der Waals surface area contributed by atoms with Crippen LogP contribution in [0.15, 0.2) is 24.3 Å². The van der Waals surface area contributed by atoms with Crippen molar-refractivity contribution in [2.75, 3.05) is 25.0 Å². The van der Waals surface area contributed by atoms with Crippen LogP contribution in [-0.4, -0.2) is 31.7 Å². The summed E-state index contributed by atoms with van der Waals surface area (Å²) in [6, 6.07) is 8.00. The number of quaternary nitrogens is 1. The van der Waals surface area contributed by atoms with Crippen LogP contribution in [0.4, 0.5) is 5.69 Å². The third kappa shape index (κ3) is 4.65. The molecule has 2 rings (SSSR count). The Kier molecular flexibility index (Phi) is 5.36. The monoisotopic (exact) mass is 263 g/mol. The molecular formula is C15H23N2O2+. The molecule has 1 aromatic carbocycles. The number of rotatable bonds is 6. The van der Waals surface area contributed by atoms with E-state index in [0.717, 1.165) is 38.1 Å². The Morgan fingerprint density at radius 3 is 2.84 bits per heavy atom. The second-order valence-electron chi connectivity index (χ2n) is 4.96. The number of aryl methyl sites for hydroxylation is 1. The molecule has 1 saturated heterocycles. The summed E-state index contributed by atoms with van der Waals surface area (Å²) in [5.74, 6) is 0.0437. The molecule has 4 heteroatoms. The molecule has 0 spiro atoms. The highest BCUT2D eigenvalue weighted by Crippen LogP contribution is 2.10. The van der Waals surface area contributed by atoms with E-state index in [-0.39, 0.29) is 5.91 Å². The van der Waals surface area contributed by atoms with Gasteiger partial charge in [0.2, 0.25) is 0 Å². The molecule has 1 fully saturated rings. The summed E-state index contributed by atoms with van der Waals surface area (Å²) in [5, 5.41) is 4.93. The first kappa shape index (κ1) is 14.0. The lowest BCUT2D eigenvalue weighted by Crippen LogP contribution is -2.88. The third-order valence-electron chi connectivity index (χ3n) is 3.43. The Balaban J connectivity index is 1.68. The van der Waals surface area contributed by atoms with Gasteiger partial charge in [0, 0.05) is 12.3 Å². The molecule has 1 heterocycles. The smallest absolute Gasteiger partial charge is 0.279 e. The average Bonchev–Trinajstić information content (AvgIpc) is 2.93. The quantitative estimate of drug-likeness (QED) is 0.802. The predicted molar refractivity (Wildman–Crippen MR) is 75.1 cm³/mol.